The second kappa shape index (κ2) is 2.44. The van der Waals surface area contributed by atoms with Crippen LogP contribution in [-0.4, -0.2) is 43.1 Å². The Morgan fingerprint density at radius 2 is 2.00 bits per heavy atom. The topological polar surface area (TPSA) is 32.5 Å². The van der Waals surface area contributed by atoms with Crippen molar-refractivity contribution < 1.29 is 0 Å². The Morgan fingerprint density at radius 3 is 2.55 bits per heavy atom. The van der Waals surface area contributed by atoms with Gasteiger partial charge >= 0.3 is 0 Å². The van der Waals surface area contributed by atoms with Crippen LogP contribution in [0.5, 0.6) is 0 Å². The SMILES string of the molecule is CN1CC2(CCCN(N)C2)C1. The molecule has 2 rings (SSSR count). The van der Waals surface area contributed by atoms with Crippen molar-refractivity contribution in [2.45, 2.75) is 12.8 Å². The van der Waals surface area contributed by atoms with E-state index in [1.807, 2.05) is 5.01 Å². The molecule has 0 unspecified atom stereocenters. The average molecular weight is 155 g/mol. The molecule has 2 fully saturated rings. The first-order valence-corrected chi connectivity index (χ1v) is 4.38. The zero-order chi connectivity index (χ0) is 7.90. The maximum Gasteiger partial charge on any atom is 0.0209 e. The third-order valence-electron chi connectivity index (χ3n) is 2.90. The molecule has 0 atom stereocenters. The molecule has 0 aliphatic carbocycles. The van der Waals surface area contributed by atoms with E-state index in [2.05, 4.69) is 11.9 Å². The van der Waals surface area contributed by atoms with Gasteiger partial charge in [-0.2, -0.15) is 0 Å². The molecule has 0 bridgehead atoms. The Labute approximate surface area is 68.1 Å². The molecule has 0 aromatic heterocycles. The van der Waals surface area contributed by atoms with Crippen molar-refractivity contribution in [1.82, 2.24) is 9.91 Å². The summed E-state index contributed by atoms with van der Waals surface area (Å²) in [4.78, 5) is 2.37. The minimum atomic E-state index is 0.571. The van der Waals surface area contributed by atoms with Gasteiger partial charge in [0.25, 0.3) is 0 Å². The predicted octanol–water partition coefficient (Wildman–Crippen LogP) is -0.112. The number of hydrogen-bond acceptors (Lipinski definition) is 3. The Balaban J connectivity index is 1.93. The van der Waals surface area contributed by atoms with Crippen LogP contribution in [0.4, 0.5) is 0 Å². The third kappa shape index (κ3) is 1.28. The highest BCUT2D eigenvalue weighted by atomic mass is 15.4. The standard InChI is InChI=1S/C8H17N3/c1-10-5-8(6-10)3-2-4-11(9)7-8/h2-7,9H2,1H3. The molecular weight excluding hydrogens is 138 g/mol. The van der Waals surface area contributed by atoms with Gasteiger partial charge in [0.2, 0.25) is 0 Å². The van der Waals surface area contributed by atoms with Gasteiger partial charge in [-0.3, -0.25) is 5.84 Å². The van der Waals surface area contributed by atoms with E-state index in [4.69, 9.17) is 5.84 Å². The first-order valence-electron chi connectivity index (χ1n) is 4.38. The van der Waals surface area contributed by atoms with Crippen LogP contribution in [0.2, 0.25) is 0 Å². The van der Waals surface area contributed by atoms with Gasteiger partial charge in [-0.1, -0.05) is 0 Å². The third-order valence-corrected chi connectivity index (χ3v) is 2.90. The number of likely N-dealkylation sites (tertiary alicyclic amines) is 1. The van der Waals surface area contributed by atoms with Crippen molar-refractivity contribution in [1.29, 1.82) is 0 Å². The van der Waals surface area contributed by atoms with E-state index in [1.165, 1.54) is 25.9 Å². The molecule has 2 aliphatic heterocycles. The smallest absolute Gasteiger partial charge is 0.0209 e. The highest BCUT2D eigenvalue weighted by molar-refractivity contribution is 4.96. The quantitative estimate of drug-likeness (QED) is 0.495. The molecule has 0 radical (unpaired) electrons. The van der Waals surface area contributed by atoms with Crippen molar-refractivity contribution in [2.24, 2.45) is 11.3 Å². The minimum absolute atomic E-state index is 0.571. The number of hydrogen-bond donors (Lipinski definition) is 1. The summed E-state index contributed by atoms with van der Waals surface area (Å²) in [5, 5.41) is 1.98. The van der Waals surface area contributed by atoms with Crippen LogP contribution in [0.25, 0.3) is 0 Å². The number of piperidine rings is 1. The Bertz CT molecular complexity index is 146. The Kier molecular flexibility index (Phi) is 1.67. The molecule has 0 aromatic carbocycles. The lowest BCUT2D eigenvalue weighted by Gasteiger charge is -2.52. The molecule has 3 heteroatoms. The molecular formula is C8H17N3. The summed E-state index contributed by atoms with van der Waals surface area (Å²) in [5.41, 5.74) is 0.571. The summed E-state index contributed by atoms with van der Waals surface area (Å²) in [6, 6.07) is 0. The van der Waals surface area contributed by atoms with Crippen LogP contribution in [0.1, 0.15) is 12.8 Å². The van der Waals surface area contributed by atoms with Crippen molar-refractivity contribution in [3.63, 3.8) is 0 Å². The van der Waals surface area contributed by atoms with Crippen LogP contribution >= 0.6 is 0 Å². The van der Waals surface area contributed by atoms with E-state index in [0.29, 0.717) is 5.41 Å². The zero-order valence-corrected chi connectivity index (χ0v) is 7.21. The van der Waals surface area contributed by atoms with E-state index in [1.54, 1.807) is 0 Å². The first kappa shape index (κ1) is 7.53. The van der Waals surface area contributed by atoms with Crippen LogP contribution in [0.15, 0.2) is 0 Å². The van der Waals surface area contributed by atoms with Gasteiger partial charge in [0.15, 0.2) is 0 Å². The average Bonchev–Trinajstić information content (AvgIpc) is 1.84. The lowest BCUT2D eigenvalue weighted by Crippen LogP contribution is -2.62. The highest BCUT2D eigenvalue weighted by Crippen LogP contribution is 2.36. The van der Waals surface area contributed by atoms with Crippen LogP contribution < -0.4 is 5.84 Å². The summed E-state index contributed by atoms with van der Waals surface area (Å²) in [5.74, 6) is 5.78. The van der Waals surface area contributed by atoms with E-state index in [0.717, 1.165) is 13.1 Å². The monoisotopic (exact) mass is 155 g/mol. The lowest BCUT2D eigenvalue weighted by atomic mass is 9.74. The lowest BCUT2D eigenvalue weighted by molar-refractivity contribution is -0.0404. The van der Waals surface area contributed by atoms with E-state index in [-0.39, 0.29) is 0 Å². The van der Waals surface area contributed by atoms with E-state index in [9.17, 15) is 0 Å². The Hall–Kier alpha value is -0.120. The molecule has 2 N–H and O–H groups in total. The fourth-order valence-electron chi connectivity index (χ4n) is 2.60. The van der Waals surface area contributed by atoms with E-state index >= 15 is 0 Å². The molecule has 1 spiro atoms. The number of rotatable bonds is 0. The normalized spacial score (nSPS) is 32.2. The molecule has 2 saturated heterocycles. The van der Waals surface area contributed by atoms with Gasteiger partial charge in [-0.25, -0.2) is 5.01 Å². The first-order chi connectivity index (χ1) is 5.20. The van der Waals surface area contributed by atoms with Gasteiger partial charge in [-0.05, 0) is 19.9 Å². The second-order valence-electron chi connectivity index (χ2n) is 4.25. The number of hydrazine groups is 1. The molecule has 0 amide bonds. The number of nitrogens with two attached hydrogens (primary N) is 1. The van der Waals surface area contributed by atoms with Gasteiger partial charge in [0.05, 0.1) is 0 Å². The maximum absolute atomic E-state index is 5.78. The molecule has 0 saturated carbocycles. The van der Waals surface area contributed by atoms with Crippen LogP contribution in [-0.2, 0) is 0 Å². The van der Waals surface area contributed by atoms with Crippen LogP contribution in [0, 0.1) is 5.41 Å². The van der Waals surface area contributed by atoms with Gasteiger partial charge < -0.3 is 4.90 Å². The maximum atomic E-state index is 5.78. The van der Waals surface area contributed by atoms with Crippen molar-refractivity contribution >= 4 is 0 Å². The van der Waals surface area contributed by atoms with E-state index < -0.39 is 0 Å². The summed E-state index contributed by atoms with van der Waals surface area (Å²) in [6.45, 7) is 4.70. The molecule has 11 heavy (non-hydrogen) atoms. The van der Waals surface area contributed by atoms with Crippen molar-refractivity contribution in [3.8, 4) is 0 Å². The molecule has 2 heterocycles. The summed E-state index contributed by atoms with van der Waals surface area (Å²) < 4.78 is 0. The summed E-state index contributed by atoms with van der Waals surface area (Å²) >= 11 is 0. The molecule has 2 aliphatic rings. The zero-order valence-electron chi connectivity index (χ0n) is 7.21. The fraction of sp³-hybridized carbons (Fsp3) is 1.00. The van der Waals surface area contributed by atoms with Crippen molar-refractivity contribution in [3.05, 3.63) is 0 Å². The summed E-state index contributed by atoms with van der Waals surface area (Å²) in [6.07, 6.45) is 2.66. The fourth-order valence-corrected chi connectivity index (χ4v) is 2.60. The largest absolute Gasteiger partial charge is 0.305 e. The van der Waals surface area contributed by atoms with Gasteiger partial charge in [0.1, 0.15) is 0 Å². The highest BCUT2D eigenvalue weighted by Gasteiger charge is 2.43. The molecule has 3 nitrogen and oxygen atoms in total. The van der Waals surface area contributed by atoms with Gasteiger partial charge in [-0.15, -0.1) is 0 Å². The predicted molar refractivity (Wildman–Crippen MR) is 44.9 cm³/mol. The Morgan fingerprint density at radius 1 is 1.27 bits per heavy atom. The van der Waals surface area contributed by atoms with Gasteiger partial charge in [0, 0.05) is 31.6 Å². The van der Waals surface area contributed by atoms with Crippen LogP contribution in [0.3, 0.4) is 0 Å². The summed E-state index contributed by atoms with van der Waals surface area (Å²) in [7, 11) is 2.18. The minimum Gasteiger partial charge on any atom is -0.305 e. The molecule has 64 valence electrons. The molecule has 0 aromatic rings. The second-order valence-corrected chi connectivity index (χ2v) is 4.25. The number of nitrogens with zero attached hydrogens (tertiary/aromatic N) is 2. The van der Waals surface area contributed by atoms with Crippen molar-refractivity contribution in [2.75, 3.05) is 33.2 Å².